The number of hydrogen-bond acceptors (Lipinski definition) is 4. The monoisotopic (exact) mass is 426 g/mol. The van der Waals surface area contributed by atoms with Gasteiger partial charge in [0.2, 0.25) is 5.91 Å². The fraction of sp³-hybridized carbons (Fsp3) is 0.640. The minimum Gasteiger partial charge on any atom is -0.396 e. The number of nitrogens with one attached hydrogen (secondary N) is 1. The number of nitrogens with zero attached hydrogens (tertiary/aromatic N) is 3. The van der Waals surface area contributed by atoms with Gasteiger partial charge >= 0.3 is 0 Å². The van der Waals surface area contributed by atoms with Gasteiger partial charge in [0.05, 0.1) is 0 Å². The van der Waals surface area contributed by atoms with Crippen molar-refractivity contribution in [1.82, 2.24) is 14.8 Å². The molecule has 6 nitrogen and oxygen atoms in total. The molecule has 1 aromatic heterocycles. The molecule has 6 heteroatoms. The summed E-state index contributed by atoms with van der Waals surface area (Å²) in [5.41, 5.74) is 3.10. The maximum Gasteiger partial charge on any atom is 0.225 e. The molecule has 31 heavy (non-hydrogen) atoms. The average molecular weight is 427 g/mol. The minimum absolute atomic E-state index is 0.0124. The standard InChI is InChI=1S/C25H38N4O2/c1-17(2)7-5-9-23-27-28-25(29(23)21-11-12-21)20(8-6-14-30)16-24(31)26-22-13-10-18(3)15-19(22)4/h10,13,15,17,20-21,30H,5-9,11-12,14,16H2,1-4H3,(H,26,31). The lowest BCUT2D eigenvalue weighted by Gasteiger charge is -2.18. The van der Waals surface area contributed by atoms with Crippen LogP contribution in [0.5, 0.6) is 0 Å². The summed E-state index contributed by atoms with van der Waals surface area (Å²) in [6, 6.07) is 6.52. The number of hydrogen-bond donors (Lipinski definition) is 2. The Balaban J connectivity index is 1.75. The van der Waals surface area contributed by atoms with Crippen LogP contribution < -0.4 is 5.32 Å². The Morgan fingerprint density at radius 2 is 1.97 bits per heavy atom. The van der Waals surface area contributed by atoms with Gasteiger partial charge in [0.15, 0.2) is 0 Å². The predicted molar refractivity (Wildman–Crippen MR) is 124 cm³/mol. The predicted octanol–water partition coefficient (Wildman–Crippen LogP) is 5.09. The molecule has 170 valence electrons. The van der Waals surface area contributed by atoms with Crippen molar-refractivity contribution in [3.8, 4) is 0 Å². The number of carbonyl (C=O) groups is 1. The number of aliphatic hydroxyl groups is 1. The van der Waals surface area contributed by atoms with E-state index in [0.29, 0.717) is 24.8 Å². The van der Waals surface area contributed by atoms with E-state index in [0.717, 1.165) is 55.0 Å². The molecule has 0 aliphatic heterocycles. The van der Waals surface area contributed by atoms with E-state index < -0.39 is 0 Å². The molecule has 1 aliphatic carbocycles. The van der Waals surface area contributed by atoms with E-state index >= 15 is 0 Å². The number of benzene rings is 1. The smallest absolute Gasteiger partial charge is 0.225 e. The number of aromatic nitrogens is 3. The van der Waals surface area contributed by atoms with E-state index in [1.807, 2.05) is 26.0 Å². The fourth-order valence-corrected chi connectivity index (χ4v) is 4.22. The third-order valence-corrected chi connectivity index (χ3v) is 6.05. The van der Waals surface area contributed by atoms with Crippen LogP contribution in [0.4, 0.5) is 5.69 Å². The van der Waals surface area contributed by atoms with Crippen LogP contribution in [0.25, 0.3) is 0 Å². The lowest BCUT2D eigenvalue weighted by atomic mass is 9.97. The van der Waals surface area contributed by atoms with E-state index in [1.54, 1.807) is 0 Å². The van der Waals surface area contributed by atoms with Crippen LogP contribution in [0, 0.1) is 19.8 Å². The van der Waals surface area contributed by atoms with Gasteiger partial charge in [0.25, 0.3) is 0 Å². The highest BCUT2D eigenvalue weighted by Crippen LogP contribution is 2.39. The summed E-state index contributed by atoms with van der Waals surface area (Å²) in [6.07, 6.45) is 7.27. The molecular weight excluding hydrogens is 388 g/mol. The van der Waals surface area contributed by atoms with Gasteiger partial charge in [0.1, 0.15) is 11.6 Å². The van der Waals surface area contributed by atoms with Crippen molar-refractivity contribution in [2.24, 2.45) is 5.92 Å². The molecule has 1 aliphatic rings. The zero-order chi connectivity index (χ0) is 22.4. The lowest BCUT2D eigenvalue weighted by Crippen LogP contribution is -2.19. The molecule has 3 rings (SSSR count). The van der Waals surface area contributed by atoms with Crippen LogP contribution in [0.15, 0.2) is 18.2 Å². The number of amides is 1. The summed E-state index contributed by atoms with van der Waals surface area (Å²) < 4.78 is 2.31. The van der Waals surface area contributed by atoms with Crippen LogP contribution in [0.1, 0.15) is 93.5 Å². The first-order valence-electron chi connectivity index (χ1n) is 11.8. The Morgan fingerprint density at radius 3 is 2.61 bits per heavy atom. The molecule has 1 heterocycles. The summed E-state index contributed by atoms with van der Waals surface area (Å²) >= 11 is 0. The second-order valence-corrected chi connectivity index (χ2v) is 9.50. The Labute approximate surface area is 186 Å². The minimum atomic E-state index is -0.0372. The van der Waals surface area contributed by atoms with Crippen molar-refractivity contribution < 1.29 is 9.90 Å². The van der Waals surface area contributed by atoms with Crippen molar-refractivity contribution in [2.75, 3.05) is 11.9 Å². The first-order chi connectivity index (χ1) is 14.9. The molecule has 1 atom stereocenters. The molecule has 0 saturated heterocycles. The quantitative estimate of drug-likeness (QED) is 0.495. The Kier molecular flexibility index (Phi) is 8.24. The Hall–Kier alpha value is -2.21. The Morgan fingerprint density at radius 1 is 1.19 bits per heavy atom. The number of anilines is 1. The second-order valence-electron chi connectivity index (χ2n) is 9.50. The molecular formula is C25H38N4O2. The normalized spacial score (nSPS) is 14.8. The Bertz CT molecular complexity index is 870. The zero-order valence-corrected chi connectivity index (χ0v) is 19.5. The summed E-state index contributed by atoms with van der Waals surface area (Å²) in [6.45, 7) is 8.67. The molecule has 1 amide bonds. The number of aliphatic hydroxyl groups excluding tert-OH is 1. The lowest BCUT2D eigenvalue weighted by molar-refractivity contribution is -0.116. The highest BCUT2D eigenvalue weighted by molar-refractivity contribution is 5.92. The van der Waals surface area contributed by atoms with Gasteiger partial charge in [-0.2, -0.15) is 0 Å². The van der Waals surface area contributed by atoms with Gasteiger partial charge in [-0.3, -0.25) is 4.79 Å². The van der Waals surface area contributed by atoms with Gasteiger partial charge in [0, 0.05) is 37.1 Å². The topological polar surface area (TPSA) is 80.0 Å². The van der Waals surface area contributed by atoms with Gasteiger partial charge in [-0.15, -0.1) is 10.2 Å². The molecule has 2 aromatic rings. The third kappa shape index (κ3) is 6.63. The molecule has 2 N–H and O–H groups in total. The average Bonchev–Trinajstić information content (AvgIpc) is 3.47. The summed E-state index contributed by atoms with van der Waals surface area (Å²) in [7, 11) is 0. The maximum atomic E-state index is 12.9. The molecule has 1 aromatic carbocycles. The fourth-order valence-electron chi connectivity index (χ4n) is 4.22. The van der Waals surface area contributed by atoms with Gasteiger partial charge in [-0.1, -0.05) is 38.0 Å². The van der Waals surface area contributed by atoms with Crippen molar-refractivity contribution >= 4 is 11.6 Å². The third-order valence-electron chi connectivity index (χ3n) is 6.05. The van der Waals surface area contributed by atoms with Crippen LogP contribution in [0.2, 0.25) is 0 Å². The largest absolute Gasteiger partial charge is 0.396 e. The maximum absolute atomic E-state index is 12.9. The van der Waals surface area contributed by atoms with E-state index in [9.17, 15) is 9.90 Å². The van der Waals surface area contributed by atoms with Crippen LogP contribution in [-0.4, -0.2) is 32.4 Å². The molecule has 1 saturated carbocycles. The van der Waals surface area contributed by atoms with Gasteiger partial charge in [-0.25, -0.2) is 0 Å². The highest BCUT2D eigenvalue weighted by Gasteiger charge is 2.32. The second kappa shape index (κ2) is 10.9. The molecule has 1 fully saturated rings. The first-order valence-corrected chi connectivity index (χ1v) is 11.8. The summed E-state index contributed by atoms with van der Waals surface area (Å²) in [4.78, 5) is 12.9. The zero-order valence-electron chi connectivity index (χ0n) is 19.5. The van der Waals surface area contributed by atoms with Crippen LogP contribution in [0.3, 0.4) is 0 Å². The SMILES string of the molecule is Cc1ccc(NC(=O)CC(CCCO)c2nnc(CCCC(C)C)n2C2CC2)c(C)c1. The molecule has 0 radical (unpaired) electrons. The van der Waals surface area contributed by atoms with Gasteiger partial charge in [-0.05, 0) is 63.5 Å². The first kappa shape index (κ1) is 23.5. The molecule has 1 unspecified atom stereocenters. The van der Waals surface area contributed by atoms with Crippen molar-refractivity contribution in [2.45, 2.75) is 91.0 Å². The van der Waals surface area contributed by atoms with Crippen molar-refractivity contribution in [3.63, 3.8) is 0 Å². The van der Waals surface area contributed by atoms with E-state index in [1.165, 1.54) is 12.0 Å². The number of rotatable bonds is 12. The van der Waals surface area contributed by atoms with E-state index in [-0.39, 0.29) is 18.4 Å². The van der Waals surface area contributed by atoms with Crippen LogP contribution >= 0.6 is 0 Å². The van der Waals surface area contributed by atoms with Crippen LogP contribution in [-0.2, 0) is 11.2 Å². The number of carbonyl (C=O) groups excluding carboxylic acids is 1. The van der Waals surface area contributed by atoms with Gasteiger partial charge < -0.3 is 15.0 Å². The van der Waals surface area contributed by atoms with E-state index in [4.69, 9.17) is 0 Å². The molecule has 0 spiro atoms. The van der Waals surface area contributed by atoms with Crippen molar-refractivity contribution in [1.29, 1.82) is 0 Å². The number of aryl methyl sites for hydroxylation is 3. The summed E-state index contributed by atoms with van der Waals surface area (Å²) in [5.74, 6) is 2.61. The van der Waals surface area contributed by atoms with E-state index in [2.05, 4.69) is 40.0 Å². The van der Waals surface area contributed by atoms with Crippen molar-refractivity contribution in [3.05, 3.63) is 41.0 Å². The summed E-state index contributed by atoms with van der Waals surface area (Å²) in [5, 5.41) is 21.6. The highest BCUT2D eigenvalue weighted by atomic mass is 16.3. The molecule has 0 bridgehead atoms.